The molecule has 0 unspecified atom stereocenters. The van der Waals surface area contributed by atoms with Crippen molar-refractivity contribution < 1.29 is 0 Å². The van der Waals surface area contributed by atoms with E-state index in [-0.39, 0.29) is 0 Å². The van der Waals surface area contributed by atoms with Crippen molar-refractivity contribution in [2.24, 2.45) is 11.3 Å². The fourth-order valence-electron chi connectivity index (χ4n) is 1.11. The summed E-state index contributed by atoms with van der Waals surface area (Å²) >= 11 is 0. The summed E-state index contributed by atoms with van der Waals surface area (Å²) in [7, 11) is 0. The van der Waals surface area contributed by atoms with Crippen LogP contribution < -0.4 is 5.32 Å². The first kappa shape index (κ1) is 13.0. The zero-order chi connectivity index (χ0) is 10.3. The fraction of sp³-hybridized carbons (Fsp3) is 1.00. The Labute approximate surface area is 84.3 Å². The van der Waals surface area contributed by atoms with Crippen molar-refractivity contribution in [1.82, 2.24) is 5.32 Å². The van der Waals surface area contributed by atoms with E-state index >= 15 is 0 Å². The fourth-order valence-corrected chi connectivity index (χ4v) is 1.11. The topological polar surface area (TPSA) is 12.0 Å². The third-order valence-electron chi connectivity index (χ3n) is 3.10. The van der Waals surface area contributed by atoms with Crippen LogP contribution in [0.5, 0.6) is 0 Å². The Hall–Kier alpha value is -0.0400. The smallest absolute Gasteiger partial charge is 0.000496 e. The van der Waals surface area contributed by atoms with Gasteiger partial charge in [-0.25, -0.2) is 0 Å². The monoisotopic (exact) mass is 185 g/mol. The molecule has 80 valence electrons. The molecule has 0 aliphatic carbocycles. The summed E-state index contributed by atoms with van der Waals surface area (Å²) in [4.78, 5) is 0. The maximum absolute atomic E-state index is 3.54. The van der Waals surface area contributed by atoms with Crippen molar-refractivity contribution in [1.29, 1.82) is 0 Å². The van der Waals surface area contributed by atoms with Crippen molar-refractivity contribution in [3.8, 4) is 0 Å². The first-order valence-corrected chi connectivity index (χ1v) is 5.71. The second-order valence-corrected chi connectivity index (χ2v) is 5.03. The van der Waals surface area contributed by atoms with E-state index in [1.54, 1.807) is 0 Å². The second-order valence-electron chi connectivity index (χ2n) is 5.03. The van der Waals surface area contributed by atoms with Gasteiger partial charge in [-0.15, -0.1) is 0 Å². The van der Waals surface area contributed by atoms with Crippen molar-refractivity contribution in [2.45, 2.75) is 53.9 Å². The van der Waals surface area contributed by atoms with E-state index < -0.39 is 0 Å². The highest BCUT2D eigenvalue weighted by Crippen LogP contribution is 2.24. The molecule has 0 amide bonds. The Morgan fingerprint density at radius 1 is 1.15 bits per heavy atom. The minimum Gasteiger partial charge on any atom is -0.316 e. The molecule has 0 aromatic heterocycles. The number of unbranched alkanes of at least 4 members (excludes halogenated alkanes) is 2. The molecule has 0 heterocycles. The average molecular weight is 185 g/mol. The zero-order valence-corrected chi connectivity index (χ0v) is 10.1. The Bertz CT molecular complexity index is 116. The summed E-state index contributed by atoms with van der Waals surface area (Å²) in [6, 6.07) is 0. The average Bonchev–Trinajstić information content (AvgIpc) is 2.03. The van der Waals surface area contributed by atoms with Crippen molar-refractivity contribution in [3.05, 3.63) is 0 Å². The van der Waals surface area contributed by atoms with Gasteiger partial charge in [0, 0.05) is 6.54 Å². The zero-order valence-electron chi connectivity index (χ0n) is 10.1. The maximum atomic E-state index is 3.54. The summed E-state index contributed by atoms with van der Waals surface area (Å²) in [5.74, 6) is 0.756. The Kier molecular flexibility index (Phi) is 6.40. The Morgan fingerprint density at radius 2 is 1.77 bits per heavy atom. The van der Waals surface area contributed by atoms with Gasteiger partial charge in [-0.05, 0) is 24.3 Å². The molecule has 0 radical (unpaired) electrons. The van der Waals surface area contributed by atoms with E-state index in [9.17, 15) is 0 Å². The van der Waals surface area contributed by atoms with Crippen LogP contribution in [0.2, 0.25) is 0 Å². The van der Waals surface area contributed by atoms with E-state index in [0.717, 1.165) is 12.5 Å². The summed E-state index contributed by atoms with van der Waals surface area (Å²) < 4.78 is 0. The van der Waals surface area contributed by atoms with Crippen LogP contribution in [0.3, 0.4) is 0 Å². The highest BCUT2D eigenvalue weighted by atomic mass is 14.9. The molecule has 13 heavy (non-hydrogen) atoms. The normalized spacial score (nSPS) is 12.5. The largest absolute Gasteiger partial charge is 0.316 e. The van der Waals surface area contributed by atoms with Crippen LogP contribution in [-0.4, -0.2) is 13.1 Å². The van der Waals surface area contributed by atoms with Crippen molar-refractivity contribution in [2.75, 3.05) is 13.1 Å². The van der Waals surface area contributed by atoms with Gasteiger partial charge in [0.25, 0.3) is 0 Å². The van der Waals surface area contributed by atoms with Gasteiger partial charge < -0.3 is 5.32 Å². The lowest BCUT2D eigenvalue weighted by Gasteiger charge is -2.29. The third-order valence-corrected chi connectivity index (χ3v) is 3.10. The van der Waals surface area contributed by atoms with Crippen LogP contribution in [0, 0.1) is 11.3 Å². The Balaban J connectivity index is 3.41. The quantitative estimate of drug-likeness (QED) is 0.599. The molecule has 0 aromatic carbocycles. The number of rotatable bonds is 7. The second kappa shape index (κ2) is 6.42. The highest BCUT2D eigenvalue weighted by Gasteiger charge is 2.21. The number of hydrogen-bond acceptors (Lipinski definition) is 1. The van der Waals surface area contributed by atoms with Crippen molar-refractivity contribution in [3.63, 3.8) is 0 Å². The number of nitrogens with one attached hydrogen (secondary N) is 1. The lowest BCUT2D eigenvalue weighted by atomic mass is 9.81. The minimum atomic E-state index is 0.437. The molecule has 0 saturated heterocycles. The van der Waals surface area contributed by atoms with Gasteiger partial charge in [-0.1, -0.05) is 47.5 Å². The van der Waals surface area contributed by atoms with Crippen LogP contribution in [0.25, 0.3) is 0 Å². The van der Waals surface area contributed by atoms with Crippen LogP contribution in [0.15, 0.2) is 0 Å². The molecule has 0 bridgehead atoms. The molecular formula is C12H27N. The SMILES string of the molecule is CCCCCNCC(C)(C)C(C)C. The Morgan fingerprint density at radius 3 is 2.23 bits per heavy atom. The molecule has 0 atom stereocenters. The van der Waals surface area contributed by atoms with E-state index in [1.807, 2.05) is 0 Å². The molecule has 0 aliphatic heterocycles. The summed E-state index contributed by atoms with van der Waals surface area (Å²) in [5.41, 5.74) is 0.437. The lowest BCUT2D eigenvalue weighted by Crippen LogP contribution is -2.33. The maximum Gasteiger partial charge on any atom is 0.000496 e. The van der Waals surface area contributed by atoms with Crippen molar-refractivity contribution >= 4 is 0 Å². The highest BCUT2D eigenvalue weighted by molar-refractivity contribution is 4.74. The first-order valence-electron chi connectivity index (χ1n) is 5.71. The van der Waals surface area contributed by atoms with Gasteiger partial charge in [0.15, 0.2) is 0 Å². The molecule has 0 spiro atoms. The molecule has 0 fully saturated rings. The van der Waals surface area contributed by atoms with Gasteiger partial charge in [-0.2, -0.15) is 0 Å². The predicted octanol–water partition coefficient (Wildman–Crippen LogP) is 3.45. The molecule has 1 nitrogen and oxygen atoms in total. The predicted molar refractivity (Wildman–Crippen MR) is 61.0 cm³/mol. The summed E-state index contributed by atoms with van der Waals surface area (Å²) in [6.07, 6.45) is 4.00. The molecule has 1 heteroatoms. The van der Waals surface area contributed by atoms with Crippen LogP contribution in [-0.2, 0) is 0 Å². The molecular weight excluding hydrogens is 158 g/mol. The standard InChI is InChI=1S/C12H27N/c1-6-7-8-9-13-10-12(4,5)11(2)3/h11,13H,6-10H2,1-5H3. The molecule has 0 rings (SSSR count). The lowest BCUT2D eigenvalue weighted by molar-refractivity contribution is 0.238. The van der Waals surface area contributed by atoms with Gasteiger partial charge in [0.1, 0.15) is 0 Å². The van der Waals surface area contributed by atoms with Crippen LogP contribution in [0.1, 0.15) is 53.9 Å². The number of hydrogen-bond donors (Lipinski definition) is 1. The third kappa shape index (κ3) is 6.09. The van der Waals surface area contributed by atoms with Crippen LogP contribution >= 0.6 is 0 Å². The van der Waals surface area contributed by atoms with Gasteiger partial charge in [0.2, 0.25) is 0 Å². The molecule has 0 saturated carbocycles. The van der Waals surface area contributed by atoms with E-state index in [2.05, 4.69) is 39.9 Å². The van der Waals surface area contributed by atoms with E-state index in [4.69, 9.17) is 0 Å². The molecule has 0 aromatic rings. The molecule has 1 N–H and O–H groups in total. The van der Waals surface area contributed by atoms with Gasteiger partial charge >= 0.3 is 0 Å². The minimum absolute atomic E-state index is 0.437. The molecule has 0 aliphatic rings. The van der Waals surface area contributed by atoms with E-state index in [1.165, 1.54) is 25.8 Å². The van der Waals surface area contributed by atoms with E-state index in [0.29, 0.717) is 5.41 Å². The van der Waals surface area contributed by atoms with Gasteiger partial charge in [-0.3, -0.25) is 0 Å². The summed E-state index contributed by atoms with van der Waals surface area (Å²) in [5, 5.41) is 3.54. The first-order chi connectivity index (χ1) is 6.00. The van der Waals surface area contributed by atoms with Crippen LogP contribution in [0.4, 0.5) is 0 Å². The summed E-state index contributed by atoms with van der Waals surface area (Å²) in [6.45, 7) is 13.9. The van der Waals surface area contributed by atoms with Gasteiger partial charge in [0.05, 0.1) is 0 Å².